The lowest BCUT2D eigenvalue weighted by Crippen LogP contribution is -2.38. The monoisotopic (exact) mass is 440 g/mol. The van der Waals surface area contributed by atoms with E-state index in [1.54, 1.807) is 18.4 Å². The van der Waals surface area contributed by atoms with Gasteiger partial charge in [0.05, 0.1) is 6.61 Å². The highest BCUT2D eigenvalue weighted by atomic mass is 32.1. The summed E-state index contributed by atoms with van der Waals surface area (Å²) in [6, 6.07) is 18.3. The number of fused-ring (bicyclic) bond motifs is 1. The number of hydrogen-bond acceptors (Lipinski definition) is 5. The van der Waals surface area contributed by atoms with Crippen molar-refractivity contribution in [2.24, 2.45) is 4.99 Å². The Morgan fingerprint density at radius 3 is 2.61 bits per heavy atom. The van der Waals surface area contributed by atoms with E-state index in [-0.39, 0.29) is 0 Å². The Balaban J connectivity index is 1.42. The topological polar surface area (TPSA) is 69.1 Å². The molecule has 1 aromatic heterocycles. The Kier molecular flexibility index (Phi) is 8.70. The number of aliphatic hydroxyl groups excluding tert-OH is 1. The van der Waals surface area contributed by atoms with E-state index in [1.807, 2.05) is 42.5 Å². The highest BCUT2D eigenvalue weighted by Crippen LogP contribution is 2.29. The van der Waals surface area contributed by atoms with Crippen molar-refractivity contribution in [2.45, 2.75) is 19.1 Å². The van der Waals surface area contributed by atoms with E-state index in [9.17, 15) is 5.11 Å². The largest absolute Gasteiger partial charge is 0.494 e. The predicted molar refractivity (Wildman–Crippen MR) is 130 cm³/mol. The van der Waals surface area contributed by atoms with Gasteiger partial charge in [0, 0.05) is 36.3 Å². The summed E-state index contributed by atoms with van der Waals surface area (Å²) < 4.78 is 6.96. The fourth-order valence-electron chi connectivity index (χ4n) is 3.14. The van der Waals surface area contributed by atoms with E-state index < -0.39 is 6.10 Å². The van der Waals surface area contributed by atoms with E-state index in [4.69, 9.17) is 4.74 Å². The van der Waals surface area contributed by atoms with E-state index in [1.165, 1.54) is 4.70 Å². The van der Waals surface area contributed by atoms with Gasteiger partial charge < -0.3 is 25.4 Å². The average molecular weight is 441 g/mol. The van der Waals surface area contributed by atoms with Gasteiger partial charge in [-0.05, 0) is 55.7 Å². The normalized spacial score (nSPS) is 12.9. The van der Waals surface area contributed by atoms with E-state index in [0.29, 0.717) is 25.7 Å². The summed E-state index contributed by atoms with van der Waals surface area (Å²) >= 11 is 1.62. The number of guanidine groups is 1. The van der Waals surface area contributed by atoms with Crippen molar-refractivity contribution >= 4 is 27.4 Å². The fourth-order valence-corrected chi connectivity index (χ4v) is 4.19. The zero-order valence-electron chi connectivity index (χ0n) is 18.5. The molecule has 3 rings (SSSR count). The molecule has 166 valence electrons. The molecule has 1 unspecified atom stereocenters. The smallest absolute Gasteiger partial charge is 0.191 e. The van der Waals surface area contributed by atoms with Gasteiger partial charge in [-0.1, -0.05) is 30.3 Å². The predicted octanol–water partition coefficient (Wildman–Crippen LogP) is 3.63. The maximum atomic E-state index is 10.5. The molecule has 0 aliphatic carbocycles. The minimum Gasteiger partial charge on any atom is -0.494 e. The van der Waals surface area contributed by atoms with Crippen molar-refractivity contribution in [3.63, 3.8) is 0 Å². The molecule has 0 saturated carbocycles. The van der Waals surface area contributed by atoms with Crippen molar-refractivity contribution < 1.29 is 9.84 Å². The van der Waals surface area contributed by atoms with Crippen molar-refractivity contribution in [1.29, 1.82) is 0 Å². The standard InChI is InChI=1S/C24H32N4O2S/c1-25-24(27-17-21(29)23-15-19-7-4-5-8-22(19)31-23)26-16-18-9-11-20(12-10-18)30-14-6-13-28(2)3/h4-5,7-12,15,21,29H,6,13-14,16-17H2,1-3H3,(H2,25,26,27). The van der Waals surface area contributed by atoms with Crippen molar-refractivity contribution in [3.05, 3.63) is 65.0 Å². The number of rotatable bonds is 10. The zero-order chi connectivity index (χ0) is 22.1. The lowest BCUT2D eigenvalue weighted by Gasteiger charge is -2.15. The molecule has 0 amide bonds. The van der Waals surface area contributed by atoms with E-state index >= 15 is 0 Å². The van der Waals surface area contributed by atoms with Gasteiger partial charge in [0.2, 0.25) is 0 Å². The minimum absolute atomic E-state index is 0.395. The van der Waals surface area contributed by atoms with Crippen molar-refractivity contribution in [3.8, 4) is 5.75 Å². The molecular formula is C24H32N4O2S. The molecule has 0 aliphatic heterocycles. The van der Waals surface area contributed by atoms with Crippen LogP contribution in [-0.2, 0) is 6.54 Å². The van der Waals surface area contributed by atoms with E-state index in [2.05, 4.69) is 46.8 Å². The summed E-state index contributed by atoms with van der Waals surface area (Å²) in [4.78, 5) is 7.35. The Morgan fingerprint density at radius 2 is 1.90 bits per heavy atom. The van der Waals surface area contributed by atoms with Gasteiger partial charge in [-0.3, -0.25) is 4.99 Å². The number of ether oxygens (including phenoxy) is 1. The molecule has 7 heteroatoms. The third kappa shape index (κ3) is 7.24. The molecule has 3 aromatic rings. The molecule has 1 atom stereocenters. The molecule has 0 bridgehead atoms. The fraction of sp³-hybridized carbons (Fsp3) is 0.375. The minimum atomic E-state index is -0.583. The molecule has 6 nitrogen and oxygen atoms in total. The SMILES string of the molecule is CN=C(NCc1ccc(OCCCN(C)C)cc1)NCC(O)c1cc2ccccc2s1. The summed E-state index contributed by atoms with van der Waals surface area (Å²) in [5, 5.41) is 18.2. The van der Waals surface area contributed by atoms with Crippen LogP contribution in [0.4, 0.5) is 0 Å². The first kappa shape index (κ1) is 23.1. The number of aliphatic imine (C=N–C) groups is 1. The Labute approximate surface area is 188 Å². The second-order valence-electron chi connectivity index (χ2n) is 7.66. The van der Waals surface area contributed by atoms with Gasteiger partial charge in [-0.25, -0.2) is 0 Å². The summed E-state index contributed by atoms with van der Waals surface area (Å²) in [7, 11) is 5.86. The van der Waals surface area contributed by atoms with Gasteiger partial charge >= 0.3 is 0 Å². The number of benzene rings is 2. The molecule has 1 heterocycles. The number of hydrogen-bond donors (Lipinski definition) is 3. The quantitative estimate of drug-likeness (QED) is 0.255. The van der Waals surface area contributed by atoms with Crippen LogP contribution in [0.25, 0.3) is 10.1 Å². The summed E-state index contributed by atoms with van der Waals surface area (Å²) in [5.74, 6) is 1.54. The summed E-state index contributed by atoms with van der Waals surface area (Å²) in [6.07, 6.45) is 0.422. The van der Waals surface area contributed by atoms with Gasteiger partial charge in [0.25, 0.3) is 0 Å². The van der Waals surface area contributed by atoms with E-state index in [0.717, 1.165) is 34.5 Å². The maximum Gasteiger partial charge on any atom is 0.191 e. The second-order valence-corrected chi connectivity index (χ2v) is 8.77. The number of nitrogens with one attached hydrogen (secondary N) is 2. The van der Waals surface area contributed by atoms with Gasteiger partial charge in [0.15, 0.2) is 5.96 Å². The van der Waals surface area contributed by atoms with Crippen LogP contribution in [0.15, 0.2) is 59.6 Å². The lowest BCUT2D eigenvalue weighted by atomic mass is 10.2. The van der Waals surface area contributed by atoms with Crippen LogP contribution in [0, 0.1) is 0 Å². The molecule has 2 aromatic carbocycles. The Morgan fingerprint density at radius 1 is 1.13 bits per heavy atom. The molecule has 0 spiro atoms. The van der Waals surface area contributed by atoms with Gasteiger partial charge in [-0.2, -0.15) is 0 Å². The first-order valence-electron chi connectivity index (χ1n) is 10.5. The number of thiophene rings is 1. The number of nitrogens with zero attached hydrogens (tertiary/aromatic N) is 2. The van der Waals surface area contributed by atoms with Crippen LogP contribution in [-0.4, -0.2) is 56.8 Å². The highest BCUT2D eigenvalue weighted by molar-refractivity contribution is 7.19. The molecular weight excluding hydrogens is 408 g/mol. The molecule has 0 radical (unpaired) electrons. The zero-order valence-corrected chi connectivity index (χ0v) is 19.3. The first-order chi connectivity index (χ1) is 15.0. The van der Waals surface area contributed by atoms with Crippen LogP contribution < -0.4 is 15.4 Å². The van der Waals surface area contributed by atoms with Crippen molar-refractivity contribution in [2.75, 3.05) is 40.8 Å². The van der Waals surface area contributed by atoms with Crippen LogP contribution in [0.3, 0.4) is 0 Å². The highest BCUT2D eigenvalue weighted by Gasteiger charge is 2.12. The Bertz CT molecular complexity index is 936. The van der Waals surface area contributed by atoms with Gasteiger partial charge in [0.1, 0.15) is 11.9 Å². The average Bonchev–Trinajstić information content (AvgIpc) is 3.22. The second kappa shape index (κ2) is 11.7. The lowest BCUT2D eigenvalue weighted by molar-refractivity contribution is 0.184. The van der Waals surface area contributed by atoms with Crippen LogP contribution in [0.5, 0.6) is 5.75 Å². The number of aliphatic hydroxyl groups is 1. The van der Waals surface area contributed by atoms with Crippen molar-refractivity contribution in [1.82, 2.24) is 15.5 Å². The van der Waals surface area contributed by atoms with Crippen LogP contribution >= 0.6 is 11.3 Å². The first-order valence-corrected chi connectivity index (χ1v) is 11.3. The summed E-state index contributed by atoms with van der Waals surface area (Å²) in [5.41, 5.74) is 1.13. The molecule has 0 aliphatic rings. The van der Waals surface area contributed by atoms with Crippen LogP contribution in [0.1, 0.15) is 23.0 Å². The molecule has 0 saturated heterocycles. The molecule has 0 fully saturated rings. The summed E-state index contributed by atoms with van der Waals surface area (Å²) in [6.45, 7) is 2.77. The molecule has 3 N–H and O–H groups in total. The maximum absolute atomic E-state index is 10.5. The van der Waals surface area contributed by atoms with Gasteiger partial charge in [-0.15, -0.1) is 11.3 Å². The molecule has 31 heavy (non-hydrogen) atoms. The Hall–Kier alpha value is -2.61. The third-order valence-electron chi connectivity index (χ3n) is 4.86. The van der Waals surface area contributed by atoms with Crippen LogP contribution in [0.2, 0.25) is 0 Å². The third-order valence-corrected chi connectivity index (χ3v) is 6.08.